The summed E-state index contributed by atoms with van der Waals surface area (Å²) in [5.41, 5.74) is 1.01. The van der Waals surface area contributed by atoms with Gasteiger partial charge in [-0.05, 0) is 35.9 Å². The molecule has 0 radical (unpaired) electrons. The molecule has 28 heavy (non-hydrogen) atoms. The molecule has 0 unspecified atom stereocenters. The highest BCUT2D eigenvalue weighted by Gasteiger charge is 2.18. The molecule has 1 N–H and O–H groups in total. The number of nitrogens with zero attached hydrogens (tertiary/aromatic N) is 1. The number of amides is 1. The number of rotatable bonds is 5. The molecule has 148 valence electrons. The highest BCUT2D eigenvalue weighted by molar-refractivity contribution is 7.92. The smallest absolute Gasteiger partial charge is 0.261 e. The molecule has 3 rings (SSSR count). The second kappa shape index (κ2) is 8.89. The molecule has 0 aliphatic carbocycles. The van der Waals surface area contributed by atoms with Crippen LogP contribution in [0.5, 0.6) is 0 Å². The third-order valence-corrected chi connectivity index (χ3v) is 7.20. The molecular formula is C19H19ClN2O4S2. The first-order valence-corrected chi connectivity index (χ1v) is 11.9. The minimum absolute atomic E-state index is 0.0920. The summed E-state index contributed by atoms with van der Waals surface area (Å²) in [6, 6.07) is 12.8. The van der Waals surface area contributed by atoms with Crippen LogP contribution in [0, 0.1) is 0 Å². The number of sulfonamides is 1. The molecule has 1 fully saturated rings. The Kier molecular flexibility index (Phi) is 6.53. The summed E-state index contributed by atoms with van der Waals surface area (Å²) < 4.78 is 38.8. The average molecular weight is 439 g/mol. The second-order valence-corrected chi connectivity index (χ2v) is 9.95. The monoisotopic (exact) mass is 438 g/mol. The highest BCUT2D eigenvalue weighted by Crippen LogP contribution is 2.24. The van der Waals surface area contributed by atoms with Crippen LogP contribution in [0.3, 0.4) is 0 Å². The number of anilines is 1. The van der Waals surface area contributed by atoms with Crippen molar-refractivity contribution < 1.29 is 17.4 Å². The second-order valence-electron chi connectivity index (χ2n) is 6.16. The molecule has 2 aromatic rings. The van der Waals surface area contributed by atoms with E-state index in [1.165, 1.54) is 18.2 Å². The molecule has 1 saturated heterocycles. The maximum atomic E-state index is 12.5. The van der Waals surface area contributed by atoms with E-state index in [9.17, 15) is 17.4 Å². The molecule has 0 spiro atoms. The third kappa shape index (κ3) is 5.21. The van der Waals surface area contributed by atoms with Crippen molar-refractivity contribution in [1.29, 1.82) is 0 Å². The molecule has 6 nitrogen and oxygen atoms in total. The number of benzene rings is 2. The minimum atomic E-state index is -3.77. The zero-order chi connectivity index (χ0) is 20.1. The first kappa shape index (κ1) is 20.6. The molecule has 2 aromatic carbocycles. The van der Waals surface area contributed by atoms with Gasteiger partial charge >= 0.3 is 0 Å². The lowest BCUT2D eigenvalue weighted by molar-refractivity contribution is -0.125. The lowest BCUT2D eigenvalue weighted by atomic mass is 10.2. The van der Waals surface area contributed by atoms with E-state index in [4.69, 9.17) is 11.6 Å². The van der Waals surface area contributed by atoms with Crippen LogP contribution in [-0.4, -0.2) is 48.0 Å². The van der Waals surface area contributed by atoms with Gasteiger partial charge in [-0.1, -0.05) is 35.9 Å². The fraction of sp³-hybridized carbons (Fsp3) is 0.211. The van der Waals surface area contributed by atoms with Gasteiger partial charge in [0.25, 0.3) is 10.0 Å². The van der Waals surface area contributed by atoms with Gasteiger partial charge in [0, 0.05) is 41.5 Å². The van der Waals surface area contributed by atoms with Crippen molar-refractivity contribution in [3.63, 3.8) is 0 Å². The van der Waals surface area contributed by atoms with Gasteiger partial charge in [0.1, 0.15) is 0 Å². The van der Waals surface area contributed by atoms with Crippen molar-refractivity contribution in [3.05, 3.63) is 65.2 Å². The van der Waals surface area contributed by atoms with Crippen LogP contribution in [0.1, 0.15) is 5.56 Å². The lowest BCUT2D eigenvalue weighted by Crippen LogP contribution is -2.40. The molecule has 1 aliphatic rings. The molecule has 1 heterocycles. The summed E-state index contributed by atoms with van der Waals surface area (Å²) in [6.07, 6.45) is 3.07. The molecule has 0 bridgehead atoms. The SMILES string of the molecule is O=C(/C=C/c1ccc(S(=O)(=O)Nc2ccccc2Cl)cc1)N1CCS(=O)CC1. The fourth-order valence-electron chi connectivity index (χ4n) is 2.64. The molecular weight excluding hydrogens is 420 g/mol. The lowest BCUT2D eigenvalue weighted by Gasteiger charge is -2.24. The summed E-state index contributed by atoms with van der Waals surface area (Å²) in [5.74, 6) is 0.864. The van der Waals surface area contributed by atoms with E-state index in [2.05, 4.69) is 4.72 Å². The Bertz CT molecular complexity index is 1010. The number of hydrogen-bond acceptors (Lipinski definition) is 4. The van der Waals surface area contributed by atoms with Crippen molar-refractivity contribution in [3.8, 4) is 0 Å². The van der Waals surface area contributed by atoms with Gasteiger partial charge < -0.3 is 4.90 Å². The summed E-state index contributed by atoms with van der Waals surface area (Å²) in [5, 5.41) is 0.311. The Morgan fingerprint density at radius 2 is 1.71 bits per heavy atom. The first-order valence-electron chi connectivity index (χ1n) is 8.54. The van der Waals surface area contributed by atoms with Gasteiger partial charge in [0.2, 0.25) is 5.91 Å². The molecule has 0 atom stereocenters. The number of nitrogens with one attached hydrogen (secondary N) is 1. The number of hydrogen-bond donors (Lipinski definition) is 1. The number of carbonyl (C=O) groups is 1. The summed E-state index contributed by atoms with van der Waals surface area (Å²) >= 11 is 6.00. The van der Waals surface area contributed by atoms with Gasteiger partial charge in [0.15, 0.2) is 0 Å². The van der Waals surface area contributed by atoms with Crippen molar-refractivity contribution in [2.24, 2.45) is 0 Å². The highest BCUT2D eigenvalue weighted by atomic mass is 35.5. The van der Waals surface area contributed by atoms with Crippen molar-refractivity contribution in [2.75, 3.05) is 29.3 Å². The molecule has 1 amide bonds. The van der Waals surface area contributed by atoms with Crippen LogP contribution >= 0.6 is 11.6 Å². The van der Waals surface area contributed by atoms with Gasteiger partial charge in [-0.2, -0.15) is 0 Å². The summed E-state index contributed by atoms with van der Waals surface area (Å²) in [4.78, 5) is 13.9. The average Bonchev–Trinajstić information content (AvgIpc) is 2.69. The van der Waals surface area contributed by atoms with Crippen LogP contribution in [0.2, 0.25) is 5.02 Å². The van der Waals surface area contributed by atoms with Crippen LogP contribution < -0.4 is 4.72 Å². The quantitative estimate of drug-likeness (QED) is 0.727. The molecule has 0 saturated carbocycles. The zero-order valence-corrected chi connectivity index (χ0v) is 17.3. The van der Waals surface area contributed by atoms with E-state index in [1.807, 2.05) is 0 Å². The Hall–Kier alpha value is -2.16. The van der Waals surface area contributed by atoms with E-state index in [-0.39, 0.29) is 10.8 Å². The summed E-state index contributed by atoms with van der Waals surface area (Å²) in [6.45, 7) is 0.974. The standard InChI is InChI=1S/C19H19ClN2O4S2/c20-17-3-1-2-4-18(17)21-28(25,26)16-8-5-15(6-9-16)7-10-19(23)22-11-13-27(24)14-12-22/h1-10,21H,11-14H2/b10-7+. The van der Waals surface area contributed by atoms with E-state index >= 15 is 0 Å². The van der Waals surface area contributed by atoms with Crippen LogP contribution in [0.4, 0.5) is 5.69 Å². The Morgan fingerprint density at radius 1 is 1.07 bits per heavy atom. The van der Waals surface area contributed by atoms with Gasteiger partial charge in [-0.3, -0.25) is 13.7 Å². The van der Waals surface area contributed by atoms with Crippen LogP contribution in [0.25, 0.3) is 6.08 Å². The Balaban J connectivity index is 1.66. The predicted molar refractivity (Wildman–Crippen MR) is 112 cm³/mol. The van der Waals surface area contributed by atoms with E-state index in [0.717, 1.165) is 0 Å². The van der Waals surface area contributed by atoms with E-state index < -0.39 is 20.8 Å². The van der Waals surface area contributed by atoms with Gasteiger partial charge in [-0.25, -0.2) is 8.42 Å². The fourth-order valence-corrected chi connectivity index (χ4v) is 5.01. The predicted octanol–water partition coefficient (Wildman–Crippen LogP) is 2.74. The van der Waals surface area contributed by atoms with Crippen molar-refractivity contribution in [2.45, 2.75) is 4.90 Å². The van der Waals surface area contributed by atoms with Crippen LogP contribution in [-0.2, 0) is 25.6 Å². The number of para-hydroxylation sites is 1. The molecule has 1 aliphatic heterocycles. The maximum Gasteiger partial charge on any atom is 0.261 e. The molecule has 0 aromatic heterocycles. The largest absolute Gasteiger partial charge is 0.337 e. The first-order chi connectivity index (χ1) is 13.3. The third-order valence-electron chi connectivity index (χ3n) is 4.22. The van der Waals surface area contributed by atoms with Crippen molar-refractivity contribution in [1.82, 2.24) is 4.90 Å². The topological polar surface area (TPSA) is 83.6 Å². The summed E-state index contributed by atoms with van der Waals surface area (Å²) in [7, 11) is -4.60. The normalized spacial score (nSPS) is 15.7. The number of carbonyl (C=O) groups excluding carboxylic acids is 1. The van der Waals surface area contributed by atoms with Gasteiger partial charge in [0.05, 0.1) is 15.6 Å². The van der Waals surface area contributed by atoms with Crippen LogP contribution in [0.15, 0.2) is 59.5 Å². The van der Waals surface area contributed by atoms with Gasteiger partial charge in [-0.15, -0.1) is 0 Å². The minimum Gasteiger partial charge on any atom is -0.337 e. The Labute approximate surface area is 171 Å². The Morgan fingerprint density at radius 3 is 2.36 bits per heavy atom. The van der Waals surface area contributed by atoms with E-state index in [0.29, 0.717) is 40.9 Å². The molecule has 9 heteroatoms. The number of halogens is 1. The van der Waals surface area contributed by atoms with E-state index in [1.54, 1.807) is 47.4 Å². The zero-order valence-electron chi connectivity index (χ0n) is 14.9. The maximum absolute atomic E-state index is 12.5. The van der Waals surface area contributed by atoms with Crippen molar-refractivity contribution >= 4 is 50.1 Å².